The molecule has 1 fully saturated rings. The largest absolute Gasteiger partial charge is 0.347 e. The summed E-state index contributed by atoms with van der Waals surface area (Å²) in [4.78, 5) is 12.5. The first kappa shape index (κ1) is 15.8. The summed E-state index contributed by atoms with van der Waals surface area (Å²) in [6.07, 6.45) is 2.34. The number of carbonyl (C=O) groups excluding carboxylic acids is 1. The van der Waals surface area contributed by atoms with E-state index in [1.165, 1.54) is 29.4 Å². The van der Waals surface area contributed by atoms with E-state index >= 15 is 0 Å². The molecule has 3 rings (SSSR count). The van der Waals surface area contributed by atoms with Crippen LogP contribution in [0.5, 0.6) is 0 Å². The van der Waals surface area contributed by atoms with Crippen LogP contribution < -0.4 is 10.0 Å². The van der Waals surface area contributed by atoms with Crippen molar-refractivity contribution in [3.63, 3.8) is 0 Å². The Morgan fingerprint density at radius 1 is 1.26 bits per heavy atom. The lowest BCUT2D eigenvalue weighted by atomic mass is 10.1. The van der Waals surface area contributed by atoms with Crippen molar-refractivity contribution in [1.82, 2.24) is 14.6 Å². The number of benzene rings is 1. The van der Waals surface area contributed by atoms with Gasteiger partial charge in [0.15, 0.2) is 0 Å². The third-order valence-corrected chi connectivity index (χ3v) is 5.51. The second-order valence-corrected chi connectivity index (χ2v) is 7.60. The number of carbonyl (C=O) groups is 1. The van der Waals surface area contributed by atoms with Crippen molar-refractivity contribution >= 4 is 15.9 Å². The molecular formula is C16H19N3O3S. The highest BCUT2D eigenvalue weighted by atomic mass is 32.2. The lowest BCUT2D eigenvalue weighted by Crippen LogP contribution is -2.28. The summed E-state index contributed by atoms with van der Waals surface area (Å²) in [5.74, 6) is 0.0782. The fourth-order valence-electron chi connectivity index (χ4n) is 2.69. The van der Waals surface area contributed by atoms with E-state index in [4.69, 9.17) is 0 Å². The Morgan fingerprint density at radius 3 is 2.61 bits per heavy atom. The van der Waals surface area contributed by atoms with Crippen molar-refractivity contribution < 1.29 is 13.2 Å². The van der Waals surface area contributed by atoms with Gasteiger partial charge in [0.1, 0.15) is 10.6 Å². The summed E-state index contributed by atoms with van der Waals surface area (Å²) in [5, 5.41) is 2.97. The zero-order chi connectivity index (χ0) is 16.6. The Labute approximate surface area is 135 Å². The fourth-order valence-corrected chi connectivity index (χ4v) is 3.49. The van der Waals surface area contributed by atoms with E-state index in [9.17, 15) is 13.2 Å². The Kier molecular flexibility index (Phi) is 3.99. The molecule has 0 saturated heterocycles. The van der Waals surface area contributed by atoms with Crippen molar-refractivity contribution in [2.75, 3.05) is 7.05 Å². The van der Waals surface area contributed by atoms with Gasteiger partial charge in [0.05, 0.1) is 0 Å². The van der Waals surface area contributed by atoms with Crippen LogP contribution >= 0.6 is 0 Å². The standard InChI is InChI=1S/C16H19N3O3S/c1-17-23(21,22)12-8-15(19(2)10-12)16(20)18-14-9-13(14)11-6-4-3-5-7-11/h3-8,10,13-14,17H,9H2,1-2H3,(H,18,20)/t13-,14-/m1/s1. The van der Waals surface area contributed by atoms with Gasteiger partial charge in [0.2, 0.25) is 10.0 Å². The number of aryl methyl sites for hydroxylation is 1. The van der Waals surface area contributed by atoms with Gasteiger partial charge in [-0.2, -0.15) is 0 Å². The Morgan fingerprint density at radius 2 is 1.96 bits per heavy atom. The average Bonchev–Trinajstić information content (AvgIpc) is 3.19. The normalized spacial score (nSPS) is 20.3. The zero-order valence-corrected chi connectivity index (χ0v) is 13.8. The van der Waals surface area contributed by atoms with Crippen molar-refractivity contribution in [1.29, 1.82) is 0 Å². The quantitative estimate of drug-likeness (QED) is 0.863. The maximum absolute atomic E-state index is 12.4. The van der Waals surface area contributed by atoms with E-state index in [2.05, 4.69) is 22.2 Å². The molecule has 2 aromatic rings. The van der Waals surface area contributed by atoms with Gasteiger partial charge in [-0.05, 0) is 25.1 Å². The predicted molar refractivity (Wildman–Crippen MR) is 86.7 cm³/mol. The highest BCUT2D eigenvalue weighted by Crippen LogP contribution is 2.40. The minimum absolute atomic E-state index is 0.0862. The molecule has 1 aromatic heterocycles. The van der Waals surface area contributed by atoms with Crippen LogP contribution in [0, 0.1) is 0 Å². The SMILES string of the molecule is CNS(=O)(=O)c1cc(C(=O)N[C@@H]2C[C@@H]2c2ccccc2)n(C)c1. The molecule has 23 heavy (non-hydrogen) atoms. The van der Waals surface area contributed by atoms with Crippen LogP contribution in [0.4, 0.5) is 0 Å². The summed E-state index contributed by atoms with van der Waals surface area (Å²) in [5.41, 5.74) is 1.54. The lowest BCUT2D eigenvalue weighted by Gasteiger charge is -2.05. The Balaban J connectivity index is 1.71. The first-order valence-corrected chi connectivity index (χ1v) is 8.86. The predicted octanol–water partition coefficient (Wildman–Crippen LogP) is 1.22. The van der Waals surface area contributed by atoms with Gasteiger partial charge < -0.3 is 9.88 Å². The molecule has 1 aliphatic carbocycles. The second kappa shape index (κ2) is 5.82. The molecule has 1 amide bonds. The Hall–Kier alpha value is -2.12. The maximum Gasteiger partial charge on any atom is 0.268 e. The fraction of sp³-hybridized carbons (Fsp3) is 0.312. The van der Waals surface area contributed by atoms with E-state index in [0.717, 1.165) is 6.42 Å². The summed E-state index contributed by atoms with van der Waals surface area (Å²) < 4.78 is 27.4. The molecule has 0 aliphatic heterocycles. The minimum Gasteiger partial charge on any atom is -0.347 e. The van der Waals surface area contributed by atoms with E-state index in [-0.39, 0.29) is 16.8 Å². The van der Waals surface area contributed by atoms with E-state index in [1.807, 2.05) is 18.2 Å². The highest BCUT2D eigenvalue weighted by Gasteiger charge is 2.39. The molecule has 0 bridgehead atoms. The van der Waals surface area contributed by atoms with Crippen LogP contribution in [0.15, 0.2) is 47.5 Å². The van der Waals surface area contributed by atoms with Gasteiger partial charge in [-0.25, -0.2) is 13.1 Å². The number of hydrogen-bond donors (Lipinski definition) is 2. The van der Waals surface area contributed by atoms with Crippen LogP contribution in [-0.2, 0) is 17.1 Å². The van der Waals surface area contributed by atoms with E-state index in [0.29, 0.717) is 11.6 Å². The maximum atomic E-state index is 12.4. The van der Waals surface area contributed by atoms with Gasteiger partial charge in [-0.3, -0.25) is 4.79 Å². The first-order valence-electron chi connectivity index (χ1n) is 7.38. The molecule has 1 aliphatic rings. The number of nitrogens with one attached hydrogen (secondary N) is 2. The van der Waals surface area contributed by atoms with Gasteiger partial charge in [0.25, 0.3) is 5.91 Å². The summed E-state index contributed by atoms with van der Waals surface area (Å²) in [6.45, 7) is 0. The smallest absolute Gasteiger partial charge is 0.268 e. The molecule has 0 spiro atoms. The molecule has 7 heteroatoms. The lowest BCUT2D eigenvalue weighted by molar-refractivity contribution is 0.0942. The molecule has 0 unspecified atom stereocenters. The summed E-state index contributed by atoms with van der Waals surface area (Å²) in [6, 6.07) is 11.5. The molecular weight excluding hydrogens is 314 g/mol. The van der Waals surface area contributed by atoms with Crippen molar-refractivity contribution in [2.45, 2.75) is 23.3 Å². The first-order chi connectivity index (χ1) is 10.9. The minimum atomic E-state index is -3.55. The third kappa shape index (κ3) is 3.16. The Bertz CT molecular complexity index is 828. The number of aromatic nitrogens is 1. The van der Waals surface area contributed by atoms with E-state index < -0.39 is 10.0 Å². The molecule has 0 radical (unpaired) electrons. The average molecular weight is 333 g/mol. The number of nitrogens with zero attached hydrogens (tertiary/aromatic N) is 1. The number of amides is 1. The van der Waals surface area contributed by atoms with Gasteiger partial charge in [0, 0.05) is 25.2 Å². The van der Waals surface area contributed by atoms with Crippen molar-refractivity contribution in [2.24, 2.45) is 7.05 Å². The molecule has 1 aromatic carbocycles. The van der Waals surface area contributed by atoms with Gasteiger partial charge in [-0.15, -0.1) is 0 Å². The highest BCUT2D eigenvalue weighted by molar-refractivity contribution is 7.89. The van der Waals surface area contributed by atoms with Crippen LogP contribution in [0.2, 0.25) is 0 Å². The number of sulfonamides is 1. The molecule has 122 valence electrons. The van der Waals surface area contributed by atoms with Crippen LogP contribution in [0.3, 0.4) is 0 Å². The zero-order valence-electron chi connectivity index (χ0n) is 13.0. The third-order valence-electron chi connectivity index (χ3n) is 4.13. The van der Waals surface area contributed by atoms with E-state index in [1.54, 1.807) is 7.05 Å². The summed E-state index contributed by atoms with van der Waals surface area (Å²) >= 11 is 0. The summed E-state index contributed by atoms with van der Waals surface area (Å²) in [7, 11) is -0.549. The topological polar surface area (TPSA) is 80.2 Å². The van der Waals surface area contributed by atoms with Crippen molar-refractivity contribution in [3.8, 4) is 0 Å². The number of hydrogen-bond acceptors (Lipinski definition) is 3. The molecule has 1 heterocycles. The van der Waals surface area contributed by atoms with Crippen LogP contribution in [0.25, 0.3) is 0 Å². The van der Waals surface area contributed by atoms with Gasteiger partial charge >= 0.3 is 0 Å². The second-order valence-electron chi connectivity index (χ2n) is 5.71. The number of rotatable bonds is 5. The molecule has 1 saturated carbocycles. The monoisotopic (exact) mass is 333 g/mol. The molecule has 2 atom stereocenters. The van der Waals surface area contributed by atoms with Crippen LogP contribution in [0.1, 0.15) is 28.4 Å². The van der Waals surface area contributed by atoms with Crippen molar-refractivity contribution in [3.05, 3.63) is 53.9 Å². The molecule has 6 nitrogen and oxygen atoms in total. The van der Waals surface area contributed by atoms with Crippen LogP contribution in [-0.4, -0.2) is 32.0 Å². The van der Waals surface area contributed by atoms with Gasteiger partial charge in [-0.1, -0.05) is 30.3 Å². The molecule has 2 N–H and O–H groups in total.